The summed E-state index contributed by atoms with van der Waals surface area (Å²) >= 11 is 0. The molecule has 1 N–H and O–H groups in total. The molecular weight excluding hydrogens is 613 g/mol. The first-order chi connectivity index (χ1) is 24.8. The largest absolute Gasteiger partial charge is 0.456 e. The van der Waals surface area contributed by atoms with Gasteiger partial charge >= 0.3 is 0 Å². The maximum absolute atomic E-state index is 6.55. The van der Waals surface area contributed by atoms with Gasteiger partial charge in [0.25, 0.3) is 0 Å². The van der Waals surface area contributed by atoms with Crippen LogP contribution in [0.25, 0.3) is 60.6 Å². The Morgan fingerprint density at radius 3 is 1.92 bits per heavy atom. The first-order valence-corrected chi connectivity index (χ1v) is 16.9. The maximum Gasteiger partial charge on any atom is 0.159 e. The van der Waals surface area contributed by atoms with Gasteiger partial charge in [-0.15, -0.1) is 0 Å². The molecule has 0 bridgehead atoms. The summed E-state index contributed by atoms with van der Waals surface area (Å²) in [6, 6.07) is 59.1. The highest BCUT2D eigenvalue weighted by Crippen LogP contribution is 2.39. The van der Waals surface area contributed by atoms with E-state index in [1.54, 1.807) is 0 Å². The zero-order valence-electron chi connectivity index (χ0n) is 27.0. The average Bonchev–Trinajstić information content (AvgIpc) is 3.74. The van der Waals surface area contributed by atoms with E-state index in [1.165, 1.54) is 21.8 Å². The summed E-state index contributed by atoms with van der Waals surface area (Å²) in [6.45, 7) is 0. The number of nitrogens with one attached hydrogen (secondary N) is 1. The number of furan rings is 1. The number of fused-ring (bicyclic) bond motifs is 6. The summed E-state index contributed by atoms with van der Waals surface area (Å²) in [5, 5.41) is 8.27. The van der Waals surface area contributed by atoms with Gasteiger partial charge in [-0.2, -0.15) is 0 Å². The minimum Gasteiger partial charge on any atom is -0.456 e. The monoisotopic (exact) mass is 642 g/mol. The van der Waals surface area contributed by atoms with Crippen LogP contribution in [0.4, 0.5) is 0 Å². The molecule has 1 atom stereocenters. The summed E-state index contributed by atoms with van der Waals surface area (Å²) in [7, 11) is 0. The molecule has 236 valence electrons. The lowest BCUT2D eigenvalue weighted by Crippen LogP contribution is -2.33. The molecule has 2 aromatic heterocycles. The highest BCUT2D eigenvalue weighted by molar-refractivity contribution is 6.15. The van der Waals surface area contributed by atoms with Crippen molar-refractivity contribution in [2.75, 3.05) is 0 Å². The van der Waals surface area contributed by atoms with Gasteiger partial charge in [0, 0.05) is 44.4 Å². The molecule has 0 radical (unpaired) electrons. The van der Waals surface area contributed by atoms with Gasteiger partial charge in [-0.3, -0.25) is 0 Å². The highest BCUT2D eigenvalue weighted by Gasteiger charge is 2.21. The van der Waals surface area contributed by atoms with Crippen molar-refractivity contribution in [2.24, 2.45) is 9.98 Å². The summed E-state index contributed by atoms with van der Waals surface area (Å²) in [5.41, 5.74) is 10.5. The molecule has 1 unspecified atom stereocenters. The normalized spacial score (nSPS) is 14.6. The molecule has 0 aliphatic carbocycles. The predicted octanol–water partition coefficient (Wildman–Crippen LogP) is 10.8. The molecule has 0 saturated carbocycles. The minimum atomic E-state index is -0.239. The molecule has 50 heavy (non-hydrogen) atoms. The lowest BCUT2D eigenvalue weighted by molar-refractivity contribution is 0.668. The number of para-hydroxylation sites is 2. The molecule has 0 saturated heterocycles. The molecule has 5 nitrogen and oxygen atoms in total. The van der Waals surface area contributed by atoms with Gasteiger partial charge in [-0.05, 0) is 47.0 Å². The standard InChI is InChI=1S/C45H30N4O/c1-3-12-30(13-4-1)43-46-44(31-14-5-2-6-15-31)48-45(47-43)32-24-22-29(23-25-32)34-18-11-21-40-42(34)37-27-26-33(28-41(37)50-40)49-38-19-9-7-16-35(38)36-17-8-10-20-39(36)49/h1-28,43H,(H,46,47,48). The van der Waals surface area contributed by atoms with Crippen molar-refractivity contribution in [1.29, 1.82) is 0 Å². The quantitative estimate of drug-likeness (QED) is 0.203. The van der Waals surface area contributed by atoms with E-state index >= 15 is 0 Å². The van der Waals surface area contributed by atoms with E-state index in [1.807, 2.05) is 36.4 Å². The number of benzene rings is 7. The molecule has 7 aromatic carbocycles. The number of aliphatic imine (C=N–C) groups is 2. The summed E-state index contributed by atoms with van der Waals surface area (Å²) in [5.74, 6) is 1.51. The molecule has 0 fully saturated rings. The molecule has 9 aromatic rings. The molecule has 3 heterocycles. The van der Waals surface area contributed by atoms with Gasteiger partial charge in [0.05, 0.1) is 11.0 Å². The Hall–Kier alpha value is -6.72. The van der Waals surface area contributed by atoms with E-state index in [4.69, 9.17) is 14.4 Å². The van der Waals surface area contributed by atoms with Gasteiger partial charge in [-0.1, -0.05) is 133 Å². The smallest absolute Gasteiger partial charge is 0.159 e. The van der Waals surface area contributed by atoms with Crippen LogP contribution in [0.15, 0.2) is 184 Å². The topological polar surface area (TPSA) is 54.8 Å². The van der Waals surface area contributed by atoms with E-state index in [2.05, 4.69) is 143 Å². The van der Waals surface area contributed by atoms with E-state index < -0.39 is 0 Å². The lowest BCUT2D eigenvalue weighted by atomic mass is 9.98. The zero-order valence-corrected chi connectivity index (χ0v) is 27.0. The molecule has 0 spiro atoms. The van der Waals surface area contributed by atoms with Crippen LogP contribution in [0, 0.1) is 0 Å². The van der Waals surface area contributed by atoms with Crippen LogP contribution in [0.2, 0.25) is 0 Å². The van der Waals surface area contributed by atoms with Crippen LogP contribution >= 0.6 is 0 Å². The Morgan fingerprint density at radius 1 is 0.520 bits per heavy atom. The molecule has 5 heteroatoms. The first kappa shape index (κ1) is 28.3. The van der Waals surface area contributed by atoms with Gasteiger partial charge in [0.1, 0.15) is 23.2 Å². The highest BCUT2D eigenvalue weighted by atomic mass is 16.3. The zero-order chi connectivity index (χ0) is 33.0. The molecule has 1 aliphatic heterocycles. The maximum atomic E-state index is 6.55. The number of aromatic nitrogens is 1. The fraction of sp³-hybridized carbons (Fsp3) is 0.0222. The van der Waals surface area contributed by atoms with Crippen molar-refractivity contribution in [3.8, 4) is 16.8 Å². The number of hydrogen-bond acceptors (Lipinski definition) is 4. The number of nitrogens with zero attached hydrogens (tertiary/aromatic N) is 3. The number of hydrogen-bond donors (Lipinski definition) is 1. The third-order valence-electron chi connectivity index (χ3n) is 9.68. The van der Waals surface area contributed by atoms with Crippen molar-refractivity contribution in [3.05, 3.63) is 187 Å². The van der Waals surface area contributed by atoms with Crippen molar-refractivity contribution >= 4 is 55.4 Å². The van der Waals surface area contributed by atoms with Crippen LogP contribution < -0.4 is 5.32 Å². The summed E-state index contributed by atoms with van der Waals surface area (Å²) < 4.78 is 8.88. The van der Waals surface area contributed by atoms with Gasteiger partial charge in [0.15, 0.2) is 5.84 Å². The summed E-state index contributed by atoms with van der Waals surface area (Å²) in [6.07, 6.45) is -0.239. The van der Waals surface area contributed by atoms with Crippen LogP contribution in [0.5, 0.6) is 0 Å². The fourth-order valence-electron chi connectivity index (χ4n) is 7.32. The van der Waals surface area contributed by atoms with Crippen LogP contribution in [0.3, 0.4) is 0 Å². The van der Waals surface area contributed by atoms with Crippen LogP contribution in [-0.2, 0) is 0 Å². The van der Waals surface area contributed by atoms with Crippen molar-refractivity contribution < 1.29 is 4.42 Å². The van der Waals surface area contributed by atoms with Crippen LogP contribution in [0.1, 0.15) is 22.9 Å². The Bertz CT molecular complexity index is 2720. The minimum absolute atomic E-state index is 0.239. The lowest BCUT2D eigenvalue weighted by Gasteiger charge is -2.23. The molecule has 0 amide bonds. The average molecular weight is 643 g/mol. The Kier molecular flexibility index (Phi) is 6.49. The first-order valence-electron chi connectivity index (χ1n) is 16.9. The summed E-state index contributed by atoms with van der Waals surface area (Å²) in [4.78, 5) is 9.97. The number of amidine groups is 2. The van der Waals surface area contributed by atoms with Crippen molar-refractivity contribution in [3.63, 3.8) is 0 Å². The van der Waals surface area contributed by atoms with E-state index in [9.17, 15) is 0 Å². The van der Waals surface area contributed by atoms with Crippen LogP contribution in [-0.4, -0.2) is 16.2 Å². The molecule has 1 aliphatic rings. The third-order valence-corrected chi connectivity index (χ3v) is 9.68. The second kappa shape index (κ2) is 11.5. The predicted molar refractivity (Wildman–Crippen MR) is 205 cm³/mol. The SMILES string of the molecule is c1ccc(C2=NC(c3ccccc3)NC(c3ccc(-c4cccc5oc6cc(-n7c8ccccc8c8ccccc87)ccc6c45)cc3)=N2)cc1. The van der Waals surface area contributed by atoms with Gasteiger partial charge < -0.3 is 14.3 Å². The van der Waals surface area contributed by atoms with Crippen molar-refractivity contribution in [1.82, 2.24) is 9.88 Å². The Labute approximate surface area is 288 Å². The number of rotatable bonds is 5. The second-order valence-corrected chi connectivity index (χ2v) is 12.6. The molecular formula is C45H30N4O. The molecule has 10 rings (SSSR count). The third kappa shape index (κ3) is 4.63. The fourth-order valence-corrected chi connectivity index (χ4v) is 7.32. The van der Waals surface area contributed by atoms with Gasteiger partial charge in [-0.25, -0.2) is 9.98 Å². The van der Waals surface area contributed by atoms with E-state index in [-0.39, 0.29) is 6.17 Å². The second-order valence-electron chi connectivity index (χ2n) is 12.6. The Morgan fingerprint density at radius 2 is 1.18 bits per heavy atom. The van der Waals surface area contributed by atoms with Gasteiger partial charge in [0.2, 0.25) is 0 Å². The van der Waals surface area contributed by atoms with E-state index in [0.717, 1.165) is 61.3 Å². The van der Waals surface area contributed by atoms with E-state index in [0.29, 0.717) is 5.84 Å². The van der Waals surface area contributed by atoms with Crippen molar-refractivity contribution in [2.45, 2.75) is 6.17 Å². The Balaban J connectivity index is 1.04.